The van der Waals surface area contributed by atoms with Gasteiger partial charge in [-0.2, -0.15) is 0 Å². The van der Waals surface area contributed by atoms with Gasteiger partial charge >= 0.3 is 6.09 Å². The molecular weight excluding hydrogens is 396 g/mol. The number of ketones is 2. The molecular formula is C19H30N4O7. The van der Waals surface area contributed by atoms with Gasteiger partial charge < -0.3 is 21.1 Å². The molecule has 0 spiro atoms. The van der Waals surface area contributed by atoms with E-state index < -0.39 is 65.1 Å². The van der Waals surface area contributed by atoms with Crippen molar-refractivity contribution in [1.29, 1.82) is 0 Å². The van der Waals surface area contributed by atoms with Crippen LogP contribution in [0.15, 0.2) is 0 Å². The van der Waals surface area contributed by atoms with Gasteiger partial charge in [-0.25, -0.2) is 4.79 Å². The lowest BCUT2D eigenvalue weighted by Gasteiger charge is -2.38. The van der Waals surface area contributed by atoms with E-state index in [9.17, 15) is 28.8 Å². The third kappa shape index (κ3) is 6.01. The second-order valence-electron chi connectivity index (χ2n) is 9.10. The van der Waals surface area contributed by atoms with Crippen molar-refractivity contribution < 1.29 is 33.5 Å². The first-order chi connectivity index (χ1) is 13.5. The van der Waals surface area contributed by atoms with Crippen LogP contribution < -0.4 is 11.5 Å². The number of amides is 4. The number of ether oxygens (including phenoxy) is 1. The Labute approximate surface area is 175 Å². The van der Waals surface area contributed by atoms with Crippen molar-refractivity contribution in [3.63, 3.8) is 0 Å². The zero-order chi connectivity index (χ0) is 23.6. The molecule has 1 fully saturated rings. The lowest BCUT2D eigenvalue weighted by molar-refractivity contribution is -0.149. The van der Waals surface area contributed by atoms with Crippen molar-refractivity contribution in [2.75, 3.05) is 6.54 Å². The summed E-state index contributed by atoms with van der Waals surface area (Å²) in [6, 6.07) is -2.63. The molecule has 1 heterocycles. The fraction of sp³-hybridized carbons (Fsp3) is 0.684. The maximum absolute atomic E-state index is 13.1. The third-order valence-electron chi connectivity index (χ3n) is 4.48. The fourth-order valence-corrected chi connectivity index (χ4v) is 3.11. The maximum atomic E-state index is 13.1. The van der Waals surface area contributed by atoms with E-state index in [0.717, 1.165) is 9.80 Å². The number of hydrogen-bond donors (Lipinski definition) is 2. The van der Waals surface area contributed by atoms with E-state index in [0.29, 0.717) is 0 Å². The summed E-state index contributed by atoms with van der Waals surface area (Å²) in [6.07, 6.45) is -0.865. The molecule has 0 saturated carbocycles. The summed E-state index contributed by atoms with van der Waals surface area (Å²) in [7, 11) is 0. The van der Waals surface area contributed by atoms with Gasteiger partial charge in [0.1, 0.15) is 24.2 Å². The van der Waals surface area contributed by atoms with Gasteiger partial charge in [-0.15, -0.1) is 0 Å². The van der Waals surface area contributed by atoms with Crippen molar-refractivity contribution >= 4 is 35.4 Å². The molecule has 11 heteroatoms. The molecule has 0 aromatic heterocycles. The van der Waals surface area contributed by atoms with Crippen molar-refractivity contribution in [3.05, 3.63) is 0 Å². The van der Waals surface area contributed by atoms with Crippen molar-refractivity contribution in [2.24, 2.45) is 11.5 Å². The SMILES string of the molecule is CC(C)(C)OC(=O)N(CC(=O)N1C(C(=O)C(N)=O)CCC1C(=O)C(N)=O)C(C)(C)C. The highest BCUT2D eigenvalue weighted by molar-refractivity contribution is 6.40. The van der Waals surface area contributed by atoms with Crippen molar-refractivity contribution in [3.8, 4) is 0 Å². The van der Waals surface area contributed by atoms with E-state index >= 15 is 0 Å². The number of primary amides is 2. The summed E-state index contributed by atoms with van der Waals surface area (Å²) in [5.74, 6) is -5.49. The summed E-state index contributed by atoms with van der Waals surface area (Å²) < 4.78 is 5.35. The van der Waals surface area contributed by atoms with E-state index in [4.69, 9.17) is 16.2 Å². The van der Waals surface area contributed by atoms with Gasteiger partial charge in [0.15, 0.2) is 0 Å². The highest BCUT2D eigenvalue weighted by Crippen LogP contribution is 2.27. The highest BCUT2D eigenvalue weighted by atomic mass is 16.6. The Morgan fingerprint density at radius 3 is 1.57 bits per heavy atom. The van der Waals surface area contributed by atoms with Crippen LogP contribution in [-0.2, 0) is 28.7 Å². The summed E-state index contributed by atoms with van der Waals surface area (Å²) in [5.41, 5.74) is 8.44. The van der Waals surface area contributed by atoms with Crippen LogP contribution in [0.3, 0.4) is 0 Å². The van der Waals surface area contributed by atoms with Gasteiger partial charge in [0.25, 0.3) is 11.8 Å². The normalized spacial score (nSPS) is 19.2. The Kier molecular flexibility index (Phi) is 7.35. The van der Waals surface area contributed by atoms with Gasteiger partial charge in [-0.05, 0) is 54.4 Å². The first-order valence-corrected chi connectivity index (χ1v) is 9.46. The average Bonchev–Trinajstić information content (AvgIpc) is 2.99. The molecule has 0 bridgehead atoms. The lowest BCUT2D eigenvalue weighted by Crippen LogP contribution is -2.57. The number of Topliss-reactive ketones (excluding diaryl/α,β-unsaturated/α-hetero) is 2. The van der Waals surface area contributed by atoms with Crippen LogP contribution in [0.1, 0.15) is 54.4 Å². The first kappa shape index (κ1) is 25.1. The Balaban J connectivity index is 3.27. The second-order valence-corrected chi connectivity index (χ2v) is 9.10. The molecule has 30 heavy (non-hydrogen) atoms. The third-order valence-corrected chi connectivity index (χ3v) is 4.48. The number of carbonyl (C=O) groups is 6. The molecule has 168 valence electrons. The lowest BCUT2D eigenvalue weighted by atomic mass is 10.1. The number of likely N-dealkylation sites (tertiary alicyclic amines) is 1. The van der Waals surface area contributed by atoms with Crippen LogP contribution in [-0.4, -0.2) is 74.9 Å². The summed E-state index contributed by atoms with van der Waals surface area (Å²) >= 11 is 0. The molecule has 1 rings (SSSR count). The molecule has 1 aliphatic rings. The fourth-order valence-electron chi connectivity index (χ4n) is 3.11. The van der Waals surface area contributed by atoms with E-state index in [-0.39, 0.29) is 12.8 Å². The van der Waals surface area contributed by atoms with Gasteiger partial charge in [-0.3, -0.25) is 28.9 Å². The van der Waals surface area contributed by atoms with E-state index in [2.05, 4.69) is 0 Å². The monoisotopic (exact) mass is 426 g/mol. The summed E-state index contributed by atoms with van der Waals surface area (Å²) in [5, 5.41) is 0. The second kappa shape index (κ2) is 8.80. The zero-order valence-electron chi connectivity index (χ0n) is 18.2. The van der Waals surface area contributed by atoms with Gasteiger partial charge in [0.05, 0.1) is 0 Å². The molecule has 4 amide bonds. The molecule has 0 aromatic carbocycles. The predicted molar refractivity (Wildman–Crippen MR) is 105 cm³/mol. The smallest absolute Gasteiger partial charge is 0.411 e. The average molecular weight is 426 g/mol. The Morgan fingerprint density at radius 2 is 1.27 bits per heavy atom. The first-order valence-electron chi connectivity index (χ1n) is 9.46. The molecule has 2 unspecified atom stereocenters. The molecule has 2 atom stereocenters. The minimum atomic E-state index is -1.32. The molecule has 0 aromatic rings. The number of nitrogens with zero attached hydrogens (tertiary/aromatic N) is 2. The molecule has 11 nitrogen and oxygen atoms in total. The van der Waals surface area contributed by atoms with E-state index in [1.54, 1.807) is 41.5 Å². The number of hydrogen-bond acceptors (Lipinski definition) is 7. The van der Waals surface area contributed by atoms with Gasteiger partial charge in [0, 0.05) is 5.54 Å². The van der Waals surface area contributed by atoms with Crippen LogP contribution in [0.25, 0.3) is 0 Å². The van der Waals surface area contributed by atoms with Crippen LogP contribution in [0, 0.1) is 0 Å². The topological polar surface area (TPSA) is 170 Å². The standard InChI is InChI=1S/C19H30N4O7/c1-18(2,3)22(17(29)30-19(4,5)6)9-12(24)23-10(13(25)15(20)27)7-8-11(23)14(26)16(21)28/h10-11H,7-9H2,1-6H3,(H2,20,27)(H2,21,28). The zero-order valence-corrected chi connectivity index (χ0v) is 18.2. The molecule has 4 N–H and O–H groups in total. The number of nitrogens with two attached hydrogens (primary N) is 2. The molecule has 0 radical (unpaired) electrons. The van der Waals surface area contributed by atoms with Crippen molar-refractivity contribution in [2.45, 2.75) is 77.6 Å². The largest absolute Gasteiger partial charge is 0.444 e. The van der Waals surface area contributed by atoms with E-state index in [1.165, 1.54) is 0 Å². The maximum Gasteiger partial charge on any atom is 0.411 e. The van der Waals surface area contributed by atoms with Crippen LogP contribution in [0.2, 0.25) is 0 Å². The van der Waals surface area contributed by atoms with Gasteiger partial charge in [0.2, 0.25) is 17.5 Å². The minimum Gasteiger partial charge on any atom is -0.444 e. The Morgan fingerprint density at radius 1 is 0.867 bits per heavy atom. The molecule has 0 aliphatic carbocycles. The minimum absolute atomic E-state index is 0.0425. The molecule has 1 aliphatic heterocycles. The summed E-state index contributed by atoms with van der Waals surface area (Å²) in [4.78, 5) is 74.9. The number of rotatable bonds is 6. The summed E-state index contributed by atoms with van der Waals surface area (Å²) in [6.45, 7) is 9.46. The van der Waals surface area contributed by atoms with E-state index in [1.807, 2.05) is 0 Å². The van der Waals surface area contributed by atoms with Crippen LogP contribution >= 0.6 is 0 Å². The Hall–Kier alpha value is -2.98. The van der Waals surface area contributed by atoms with Gasteiger partial charge in [-0.1, -0.05) is 0 Å². The Bertz CT molecular complexity index is 730. The number of carbonyl (C=O) groups excluding carboxylic acids is 6. The quantitative estimate of drug-likeness (QED) is 0.539. The van der Waals surface area contributed by atoms with Crippen molar-refractivity contribution in [1.82, 2.24) is 9.80 Å². The van der Waals surface area contributed by atoms with Crippen LogP contribution in [0.5, 0.6) is 0 Å². The molecule has 1 saturated heterocycles. The predicted octanol–water partition coefficient (Wildman–Crippen LogP) is -0.510. The highest BCUT2D eigenvalue weighted by Gasteiger charge is 2.47. The van der Waals surface area contributed by atoms with Crippen LogP contribution in [0.4, 0.5) is 4.79 Å².